The molecule has 2 aromatic rings. The molecule has 0 atom stereocenters. The average molecular weight is 268 g/mol. The van der Waals surface area contributed by atoms with Gasteiger partial charge >= 0.3 is 0 Å². The Morgan fingerprint density at radius 3 is 2.80 bits per heavy atom. The molecule has 1 aromatic heterocycles. The lowest BCUT2D eigenvalue weighted by atomic mass is 10.1. The molecular formula is C16H20N4. The molecule has 0 saturated heterocycles. The molecule has 0 unspecified atom stereocenters. The Balaban J connectivity index is 1.66. The average Bonchev–Trinajstić information content (AvgIpc) is 2.81. The standard InChI is InChI=1S/C16H20N4/c1-13(10-15-6-4-3-5-7-15)11-19-8-9-20-14(2)17-18-16(20)12-19/h3-7,10H,8-9,11-12H2,1-2H3/b13-10+. The van der Waals surface area contributed by atoms with Gasteiger partial charge in [0.2, 0.25) is 0 Å². The summed E-state index contributed by atoms with van der Waals surface area (Å²) in [6, 6.07) is 10.5. The summed E-state index contributed by atoms with van der Waals surface area (Å²) in [4.78, 5) is 2.43. The number of hydrogen-bond acceptors (Lipinski definition) is 3. The van der Waals surface area contributed by atoms with Gasteiger partial charge in [0, 0.05) is 19.6 Å². The highest BCUT2D eigenvalue weighted by Crippen LogP contribution is 2.14. The zero-order valence-corrected chi connectivity index (χ0v) is 12.1. The summed E-state index contributed by atoms with van der Waals surface area (Å²) in [7, 11) is 0. The lowest BCUT2D eigenvalue weighted by molar-refractivity contribution is 0.233. The molecule has 20 heavy (non-hydrogen) atoms. The van der Waals surface area contributed by atoms with Crippen molar-refractivity contribution in [2.75, 3.05) is 13.1 Å². The van der Waals surface area contributed by atoms with Crippen molar-refractivity contribution in [3.63, 3.8) is 0 Å². The highest BCUT2D eigenvalue weighted by Gasteiger charge is 2.19. The minimum atomic E-state index is 0.890. The molecule has 4 heteroatoms. The SMILES string of the molecule is C/C(=C\c1ccccc1)CN1CCn2c(C)nnc2C1. The van der Waals surface area contributed by atoms with Gasteiger partial charge in [-0.15, -0.1) is 10.2 Å². The van der Waals surface area contributed by atoms with Crippen LogP contribution in [0.25, 0.3) is 6.08 Å². The molecule has 0 spiro atoms. The number of benzene rings is 1. The zero-order valence-electron chi connectivity index (χ0n) is 12.1. The fraction of sp³-hybridized carbons (Fsp3) is 0.375. The van der Waals surface area contributed by atoms with E-state index in [1.54, 1.807) is 0 Å². The largest absolute Gasteiger partial charge is 0.313 e. The second-order valence-electron chi connectivity index (χ2n) is 5.43. The van der Waals surface area contributed by atoms with E-state index in [1.807, 2.05) is 13.0 Å². The van der Waals surface area contributed by atoms with Crippen LogP contribution in [-0.2, 0) is 13.1 Å². The third-order valence-electron chi connectivity index (χ3n) is 3.70. The van der Waals surface area contributed by atoms with E-state index in [9.17, 15) is 0 Å². The minimum absolute atomic E-state index is 0.890. The molecule has 104 valence electrons. The first-order valence-electron chi connectivity index (χ1n) is 7.05. The van der Waals surface area contributed by atoms with Crippen molar-refractivity contribution in [1.82, 2.24) is 19.7 Å². The highest BCUT2D eigenvalue weighted by molar-refractivity contribution is 5.52. The van der Waals surface area contributed by atoms with Gasteiger partial charge in [-0.3, -0.25) is 4.90 Å². The number of aryl methyl sites for hydroxylation is 1. The van der Waals surface area contributed by atoms with Gasteiger partial charge in [0.05, 0.1) is 6.54 Å². The monoisotopic (exact) mass is 268 g/mol. The van der Waals surface area contributed by atoms with E-state index in [2.05, 4.69) is 56.9 Å². The van der Waals surface area contributed by atoms with Gasteiger partial charge in [0.25, 0.3) is 0 Å². The summed E-state index contributed by atoms with van der Waals surface area (Å²) in [5.41, 5.74) is 2.64. The van der Waals surface area contributed by atoms with Gasteiger partial charge in [-0.1, -0.05) is 42.0 Å². The minimum Gasteiger partial charge on any atom is -0.313 e. The molecule has 0 saturated carbocycles. The Kier molecular flexibility index (Phi) is 3.65. The quantitative estimate of drug-likeness (QED) is 0.857. The van der Waals surface area contributed by atoms with E-state index in [1.165, 1.54) is 11.1 Å². The van der Waals surface area contributed by atoms with Crippen molar-refractivity contribution >= 4 is 6.08 Å². The highest BCUT2D eigenvalue weighted by atomic mass is 15.3. The second-order valence-corrected chi connectivity index (χ2v) is 5.43. The van der Waals surface area contributed by atoms with Crippen LogP contribution in [0.15, 0.2) is 35.9 Å². The summed E-state index contributed by atoms with van der Waals surface area (Å²) in [5.74, 6) is 2.11. The summed E-state index contributed by atoms with van der Waals surface area (Å²) in [6.07, 6.45) is 2.25. The van der Waals surface area contributed by atoms with Crippen LogP contribution in [0.2, 0.25) is 0 Å². The zero-order chi connectivity index (χ0) is 13.9. The Hall–Kier alpha value is -1.94. The van der Waals surface area contributed by atoms with Crippen molar-refractivity contribution in [1.29, 1.82) is 0 Å². The van der Waals surface area contributed by atoms with Gasteiger partial charge in [-0.25, -0.2) is 0 Å². The van der Waals surface area contributed by atoms with Crippen molar-refractivity contribution in [2.24, 2.45) is 0 Å². The summed E-state index contributed by atoms with van der Waals surface area (Å²) in [6.45, 7) is 8.14. The predicted octanol–water partition coefficient (Wildman–Crippen LogP) is 2.51. The molecule has 0 bridgehead atoms. The molecule has 0 amide bonds. The predicted molar refractivity (Wildman–Crippen MR) is 80.1 cm³/mol. The van der Waals surface area contributed by atoms with Gasteiger partial charge in [0.15, 0.2) is 0 Å². The van der Waals surface area contributed by atoms with Gasteiger partial charge in [0.1, 0.15) is 11.6 Å². The number of nitrogens with zero attached hydrogens (tertiary/aromatic N) is 4. The first-order valence-corrected chi connectivity index (χ1v) is 7.05. The number of hydrogen-bond donors (Lipinski definition) is 0. The van der Waals surface area contributed by atoms with Crippen LogP contribution in [0.1, 0.15) is 24.1 Å². The molecule has 4 nitrogen and oxygen atoms in total. The first kappa shape index (κ1) is 13.1. The van der Waals surface area contributed by atoms with Gasteiger partial charge in [-0.2, -0.15) is 0 Å². The molecule has 0 aliphatic carbocycles. The fourth-order valence-electron chi connectivity index (χ4n) is 2.72. The molecule has 0 radical (unpaired) electrons. The van der Waals surface area contributed by atoms with E-state index < -0.39 is 0 Å². The smallest absolute Gasteiger partial charge is 0.147 e. The summed E-state index contributed by atoms with van der Waals surface area (Å²) >= 11 is 0. The first-order chi connectivity index (χ1) is 9.72. The molecular weight excluding hydrogens is 248 g/mol. The normalized spacial score (nSPS) is 16.2. The van der Waals surface area contributed by atoms with Crippen molar-refractivity contribution in [3.05, 3.63) is 53.1 Å². The molecule has 0 N–H and O–H groups in total. The van der Waals surface area contributed by atoms with Crippen LogP contribution in [0.4, 0.5) is 0 Å². The van der Waals surface area contributed by atoms with Crippen molar-refractivity contribution in [3.8, 4) is 0 Å². The van der Waals surface area contributed by atoms with E-state index in [-0.39, 0.29) is 0 Å². The molecule has 2 heterocycles. The Bertz CT molecular complexity index is 613. The lowest BCUT2D eigenvalue weighted by Gasteiger charge is -2.27. The number of fused-ring (bicyclic) bond motifs is 1. The Morgan fingerprint density at radius 2 is 2.00 bits per heavy atom. The van der Waals surface area contributed by atoms with Crippen LogP contribution in [0.5, 0.6) is 0 Å². The van der Waals surface area contributed by atoms with E-state index in [0.29, 0.717) is 0 Å². The van der Waals surface area contributed by atoms with E-state index >= 15 is 0 Å². The van der Waals surface area contributed by atoms with Crippen LogP contribution in [0.3, 0.4) is 0 Å². The lowest BCUT2D eigenvalue weighted by Crippen LogP contribution is -2.35. The van der Waals surface area contributed by atoms with Crippen LogP contribution in [-0.4, -0.2) is 32.8 Å². The molecule has 1 aliphatic heterocycles. The molecule has 1 aliphatic rings. The third-order valence-corrected chi connectivity index (χ3v) is 3.70. The third kappa shape index (κ3) is 2.80. The van der Waals surface area contributed by atoms with Crippen LogP contribution < -0.4 is 0 Å². The fourth-order valence-corrected chi connectivity index (χ4v) is 2.72. The van der Waals surface area contributed by atoms with E-state index in [4.69, 9.17) is 0 Å². The van der Waals surface area contributed by atoms with Gasteiger partial charge < -0.3 is 4.57 Å². The topological polar surface area (TPSA) is 34.0 Å². The van der Waals surface area contributed by atoms with Crippen molar-refractivity contribution < 1.29 is 0 Å². The summed E-state index contributed by atoms with van der Waals surface area (Å²) in [5, 5.41) is 8.40. The number of aromatic nitrogens is 3. The Labute approximate surface area is 119 Å². The molecule has 1 aromatic carbocycles. The van der Waals surface area contributed by atoms with Crippen LogP contribution in [0, 0.1) is 6.92 Å². The maximum absolute atomic E-state index is 4.25. The van der Waals surface area contributed by atoms with Crippen molar-refractivity contribution in [2.45, 2.75) is 26.9 Å². The van der Waals surface area contributed by atoms with E-state index in [0.717, 1.165) is 37.8 Å². The molecule has 3 rings (SSSR count). The van der Waals surface area contributed by atoms with Gasteiger partial charge in [-0.05, 0) is 19.4 Å². The number of rotatable bonds is 3. The second kappa shape index (κ2) is 5.59. The maximum Gasteiger partial charge on any atom is 0.147 e. The molecule has 0 fully saturated rings. The Morgan fingerprint density at radius 1 is 1.20 bits per heavy atom. The summed E-state index contributed by atoms with van der Waals surface area (Å²) < 4.78 is 2.22. The maximum atomic E-state index is 4.25. The van der Waals surface area contributed by atoms with Crippen LogP contribution >= 0.6 is 0 Å².